The third kappa shape index (κ3) is 4.20. The number of carbonyl (C=O) groups excluding carboxylic acids is 1. The molecular weight excluding hydrogens is 323 g/mol. The Labute approximate surface area is 144 Å². The van der Waals surface area contributed by atoms with Crippen molar-refractivity contribution >= 4 is 22.9 Å². The van der Waals surface area contributed by atoms with E-state index < -0.39 is 0 Å². The van der Waals surface area contributed by atoms with E-state index in [0.29, 0.717) is 5.69 Å². The largest absolute Gasteiger partial charge is 0.376 e. The summed E-state index contributed by atoms with van der Waals surface area (Å²) >= 11 is 1.61. The number of hydrogen-bond donors (Lipinski definition) is 2. The summed E-state index contributed by atoms with van der Waals surface area (Å²) in [5, 5.41) is 8.04. The first kappa shape index (κ1) is 16.2. The van der Waals surface area contributed by atoms with Gasteiger partial charge < -0.3 is 10.6 Å². The van der Waals surface area contributed by atoms with Gasteiger partial charge in [-0.05, 0) is 41.3 Å². The van der Waals surface area contributed by atoms with E-state index in [0.717, 1.165) is 10.4 Å². The van der Waals surface area contributed by atoms with Gasteiger partial charge in [0.1, 0.15) is 5.82 Å². The number of anilines is 1. The monoisotopic (exact) mass is 340 g/mol. The third-order valence-electron chi connectivity index (χ3n) is 3.56. The number of benzene rings is 2. The van der Waals surface area contributed by atoms with Gasteiger partial charge in [0.2, 0.25) is 5.91 Å². The molecule has 2 N–H and O–H groups in total. The van der Waals surface area contributed by atoms with Crippen molar-refractivity contribution in [1.82, 2.24) is 5.32 Å². The molecule has 5 heteroatoms. The topological polar surface area (TPSA) is 41.1 Å². The van der Waals surface area contributed by atoms with E-state index in [-0.39, 0.29) is 24.3 Å². The number of rotatable bonds is 6. The molecule has 0 saturated carbocycles. The van der Waals surface area contributed by atoms with Crippen LogP contribution in [0, 0.1) is 5.82 Å². The molecule has 1 aromatic heterocycles. The lowest BCUT2D eigenvalue weighted by molar-refractivity contribution is -0.119. The molecule has 0 fully saturated rings. The molecule has 1 amide bonds. The maximum Gasteiger partial charge on any atom is 0.240 e. The molecule has 0 radical (unpaired) electrons. The van der Waals surface area contributed by atoms with Crippen molar-refractivity contribution in [3.8, 4) is 0 Å². The summed E-state index contributed by atoms with van der Waals surface area (Å²) in [5.74, 6) is -0.423. The highest BCUT2D eigenvalue weighted by Crippen LogP contribution is 2.25. The Morgan fingerprint density at radius 3 is 2.42 bits per heavy atom. The van der Waals surface area contributed by atoms with Gasteiger partial charge in [-0.25, -0.2) is 4.39 Å². The number of amides is 1. The fourth-order valence-corrected chi connectivity index (χ4v) is 3.18. The van der Waals surface area contributed by atoms with Crippen molar-refractivity contribution in [2.24, 2.45) is 0 Å². The van der Waals surface area contributed by atoms with Gasteiger partial charge in [0.25, 0.3) is 0 Å². The van der Waals surface area contributed by atoms with Gasteiger partial charge in [-0.15, -0.1) is 11.3 Å². The van der Waals surface area contributed by atoms with Crippen LogP contribution in [-0.2, 0) is 4.79 Å². The van der Waals surface area contributed by atoms with Gasteiger partial charge in [0.05, 0.1) is 12.6 Å². The van der Waals surface area contributed by atoms with Crippen LogP contribution in [-0.4, -0.2) is 12.5 Å². The molecule has 0 saturated heterocycles. The Morgan fingerprint density at radius 2 is 1.75 bits per heavy atom. The summed E-state index contributed by atoms with van der Waals surface area (Å²) in [4.78, 5) is 13.4. The van der Waals surface area contributed by atoms with E-state index in [4.69, 9.17) is 0 Å². The average Bonchev–Trinajstić information content (AvgIpc) is 3.14. The summed E-state index contributed by atoms with van der Waals surface area (Å²) in [5.41, 5.74) is 1.74. The van der Waals surface area contributed by atoms with E-state index in [1.807, 2.05) is 47.8 Å². The van der Waals surface area contributed by atoms with E-state index in [9.17, 15) is 9.18 Å². The highest BCUT2D eigenvalue weighted by molar-refractivity contribution is 7.10. The summed E-state index contributed by atoms with van der Waals surface area (Å²) < 4.78 is 12.9. The lowest BCUT2D eigenvalue weighted by Crippen LogP contribution is -2.33. The Hall–Kier alpha value is -2.66. The fraction of sp³-hybridized carbons (Fsp3) is 0.105. The minimum atomic E-state index is -0.299. The number of nitrogens with one attached hydrogen (secondary N) is 2. The number of thiophene rings is 1. The second-order valence-corrected chi connectivity index (χ2v) is 6.27. The Bertz CT molecular complexity index is 773. The van der Waals surface area contributed by atoms with Crippen molar-refractivity contribution in [1.29, 1.82) is 0 Å². The first-order chi connectivity index (χ1) is 11.7. The molecule has 24 heavy (non-hydrogen) atoms. The predicted octanol–water partition coefficient (Wildman–Crippen LogP) is 4.20. The first-order valence-corrected chi connectivity index (χ1v) is 8.47. The zero-order valence-electron chi connectivity index (χ0n) is 12.9. The number of carbonyl (C=O) groups is 1. The van der Waals surface area contributed by atoms with Crippen LogP contribution < -0.4 is 10.6 Å². The van der Waals surface area contributed by atoms with Gasteiger partial charge >= 0.3 is 0 Å². The average molecular weight is 340 g/mol. The Morgan fingerprint density at radius 1 is 1.00 bits per heavy atom. The van der Waals surface area contributed by atoms with Crippen LogP contribution in [0.1, 0.15) is 16.5 Å². The molecule has 3 rings (SSSR count). The predicted molar refractivity (Wildman–Crippen MR) is 95.6 cm³/mol. The first-order valence-electron chi connectivity index (χ1n) is 7.59. The normalized spacial score (nSPS) is 11.7. The molecule has 2 aromatic carbocycles. The molecule has 1 atom stereocenters. The highest BCUT2D eigenvalue weighted by atomic mass is 32.1. The van der Waals surface area contributed by atoms with Gasteiger partial charge in [-0.2, -0.15) is 0 Å². The van der Waals surface area contributed by atoms with Crippen molar-refractivity contribution in [2.45, 2.75) is 6.04 Å². The van der Waals surface area contributed by atoms with E-state index >= 15 is 0 Å². The summed E-state index contributed by atoms with van der Waals surface area (Å²) in [6.07, 6.45) is 0. The van der Waals surface area contributed by atoms with Crippen molar-refractivity contribution < 1.29 is 9.18 Å². The molecule has 0 spiro atoms. The van der Waals surface area contributed by atoms with Crippen LogP contribution in [0.15, 0.2) is 72.1 Å². The lowest BCUT2D eigenvalue weighted by atomic mass is 10.1. The molecule has 1 unspecified atom stereocenters. The minimum absolute atomic E-state index is 0.124. The van der Waals surface area contributed by atoms with Gasteiger partial charge in [0.15, 0.2) is 0 Å². The Kier molecular flexibility index (Phi) is 5.23. The molecule has 0 aliphatic rings. The zero-order chi connectivity index (χ0) is 16.8. The molecule has 0 aliphatic carbocycles. The zero-order valence-corrected chi connectivity index (χ0v) is 13.7. The maximum absolute atomic E-state index is 12.9. The van der Waals surface area contributed by atoms with Crippen molar-refractivity contribution in [3.63, 3.8) is 0 Å². The third-order valence-corrected chi connectivity index (χ3v) is 4.50. The minimum Gasteiger partial charge on any atom is -0.376 e. The second kappa shape index (κ2) is 7.75. The number of hydrogen-bond acceptors (Lipinski definition) is 3. The fourth-order valence-electron chi connectivity index (χ4n) is 2.38. The molecular formula is C19H17FN2OS. The van der Waals surface area contributed by atoms with Gasteiger partial charge in [-0.3, -0.25) is 4.79 Å². The Balaban J connectivity index is 1.66. The molecule has 3 aromatic rings. The van der Waals surface area contributed by atoms with E-state index in [1.54, 1.807) is 23.5 Å². The maximum atomic E-state index is 12.9. The molecule has 0 aliphatic heterocycles. The molecule has 3 nitrogen and oxygen atoms in total. The molecule has 1 heterocycles. The van der Waals surface area contributed by atoms with E-state index in [2.05, 4.69) is 10.6 Å². The van der Waals surface area contributed by atoms with Crippen LogP contribution >= 0.6 is 11.3 Å². The SMILES string of the molecule is O=C(CNc1ccc(F)cc1)NC(c1ccccc1)c1cccs1. The van der Waals surface area contributed by atoms with Crippen molar-refractivity contribution in [2.75, 3.05) is 11.9 Å². The van der Waals surface area contributed by atoms with E-state index in [1.165, 1.54) is 12.1 Å². The van der Waals surface area contributed by atoms with Crippen LogP contribution in [0.25, 0.3) is 0 Å². The molecule has 0 bridgehead atoms. The van der Waals surface area contributed by atoms with Crippen LogP contribution in [0.5, 0.6) is 0 Å². The standard InChI is InChI=1S/C19H17FN2OS/c20-15-8-10-16(11-9-15)21-13-18(23)22-19(17-7-4-12-24-17)14-5-2-1-3-6-14/h1-12,19,21H,13H2,(H,22,23). The second-order valence-electron chi connectivity index (χ2n) is 5.29. The van der Waals surface area contributed by atoms with Crippen LogP contribution in [0.4, 0.5) is 10.1 Å². The summed E-state index contributed by atoms with van der Waals surface area (Å²) in [6, 6.07) is 19.6. The van der Waals surface area contributed by atoms with Gasteiger partial charge in [-0.1, -0.05) is 36.4 Å². The lowest BCUT2D eigenvalue weighted by Gasteiger charge is -2.18. The summed E-state index contributed by atoms with van der Waals surface area (Å²) in [6.45, 7) is 0.125. The highest BCUT2D eigenvalue weighted by Gasteiger charge is 2.17. The van der Waals surface area contributed by atoms with Crippen LogP contribution in [0.2, 0.25) is 0 Å². The quantitative estimate of drug-likeness (QED) is 0.706. The van der Waals surface area contributed by atoms with Gasteiger partial charge in [0, 0.05) is 10.6 Å². The number of halogens is 1. The molecule has 122 valence electrons. The summed E-state index contributed by atoms with van der Waals surface area (Å²) in [7, 11) is 0. The van der Waals surface area contributed by atoms with Crippen LogP contribution in [0.3, 0.4) is 0 Å². The smallest absolute Gasteiger partial charge is 0.240 e. The van der Waals surface area contributed by atoms with Crippen molar-refractivity contribution in [3.05, 3.63) is 88.4 Å².